The third-order valence-corrected chi connectivity index (χ3v) is 9.52. The largest absolute Gasteiger partial charge is 0.480 e. The number of benzene rings is 3. The van der Waals surface area contributed by atoms with Crippen LogP contribution in [0, 0.1) is 23.0 Å². The summed E-state index contributed by atoms with van der Waals surface area (Å²) in [7, 11) is 1.48. The van der Waals surface area contributed by atoms with Crippen LogP contribution < -0.4 is 19.8 Å². The van der Waals surface area contributed by atoms with Gasteiger partial charge in [0.05, 0.1) is 36.0 Å². The molecule has 0 radical (unpaired) electrons. The van der Waals surface area contributed by atoms with E-state index in [0.29, 0.717) is 30.5 Å². The molecule has 0 saturated carbocycles. The van der Waals surface area contributed by atoms with E-state index in [-0.39, 0.29) is 59.3 Å². The van der Waals surface area contributed by atoms with E-state index in [1.165, 1.54) is 19.4 Å². The summed E-state index contributed by atoms with van der Waals surface area (Å²) in [6.07, 6.45) is 1.92. The van der Waals surface area contributed by atoms with Crippen LogP contribution in [0.25, 0.3) is 11.1 Å². The zero-order chi connectivity index (χ0) is 36.2. The fraction of sp³-hybridized carbons (Fsp3) is 0.351. The highest BCUT2D eigenvalue weighted by molar-refractivity contribution is 6.34. The molecule has 0 N–H and O–H groups in total. The number of rotatable bonds is 6. The highest BCUT2D eigenvalue weighted by Crippen LogP contribution is 2.55. The summed E-state index contributed by atoms with van der Waals surface area (Å²) in [6.45, 7) is 6.08. The van der Waals surface area contributed by atoms with Crippen LogP contribution in [0.3, 0.4) is 0 Å². The first-order chi connectivity index (χ1) is 24.4. The normalized spacial score (nSPS) is 18.9. The number of amides is 1. The van der Waals surface area contributed by atoms with Crippen molar-refractivity contribution in [3.8, 4) is 45.9 Å². The minimum Gasteiger partial charge on any atom is -0.480 e. The smallest absolute Gasteiger partial charge is 0.410 e. The Hall–Kier alpha value is -5.19. The van der Waals surface area contributed by atoms with E-state index in [4.69, 9.17) is 35.3 Å². The van der Waals surface area contributed by atoms with E-state index in [1.54, 1.807) is 25.7 Å². The standard InChI is InChI=1S/C37H33ClF2N4O7/c1-36(2,3)51-35(46)43-12-8-11-27(43)37(21-9-6-5-7-10-21)17-22-24(50-37)16-23(39)30(38)29(22)28-20(18-41)15-25-32(31(28)40)49-26-19-42-44(13-14-47-4)34(45)33(26)48-25/h5-7,9-10,15-16,19,27H,8,11-14,17H2,1-4H3/t27-,37-/m0/s1. The Morgan fingerprint density at radius 2 is 1.86 bits per heavy atom. The molecule has 1 amide bonds. The molecule has 0 aliphatic carbocycles. The second-order valence-electron chi connectivity index (χ2n) is 13.5. The SMILES string of the molecule is COCCn1ncc2c(c1=O)Oc1cc(C#N)c(-c3c(Cl)c(F)cc4c3C[C@](c3ccccc3)([C@@H]3CCCN3C(=O)OC(C)(C)C)O4)c(F)c1O2. The van der Waals surface area contributed by atoms with Crippen LogP contribution in [0.15, 0.2) is 53.5 Å². The van der Waals surface area contributed by atoms with Crippen LogP contribution in [0.4, 0.5) is 13.6 Å². The number of likely N-dealkylation sites (tertiary alicyclic amines) is 1. The molecule has 14 heteroatoms. The topological polar surface area (TPSA) is 125 Å². The minimum atomic E-state index is -1.26. The number of carbonyl (C=O) groups excluding carboxylic acids is 1. The Balaban J connectivity index is 1.36. The van der Waals surface area contributed by atoms with E-state index in [0.717, 1.165) is 10.7 Å². The van der Waals surface area contributed by atoms with Gasteiger partial charge in [0, 0.05) is 48.9 Å². The zero-order valence-corrected chi connectivity index (χ0v) is 29.0. The average molecular weight is 719 g/mol. The summed E-state index contributed by atoms with van der Waals surface area (Å²) in [6, 6.07) is 13.0. The molecular formula is C37H33ClF2N4O7. The second kappa shape index (κ2) is 12.9. The van der Waals surface area contributed by atoms with Crippen molar-refractivity contribution in [2.45, 2.75) is 63.8 Å². The van der Waals surface area contributed by atoms with E-state index < -0.39 is 51.3 Å². The van der Waals surface area contributed by atoms with Crippen molar-refractivity contribution in [1.29, 1.82) is 5.26 Å². The Morgan fingerprint density at radius 3 is 2.57 bits per heavy atom. The Morgan fingerprint density at radius 1 is 1.12 bits per heavy atom. The van der Waals surface area contributed by atoms with Crippen molar-refractivity contribution >= 4 is 17.7 Å². The van der Waals surface area contributed by atoms with Gasteiger partial charge in [-0.05, 0) is 39.2 Å². The molecule has 4 aromatic rings. The zero-order valence-electron chi connectivity index (χ0n) is 28.2. The molecule has 2 atom stereocenters. The highest BCUT2D eigenvalue weighted by Gasteiger charge is 2.54. The van der Waals surface area contributed by atoms with Crippen molar-refractivity contribution in [1.82, 2.24) is 14.7 Å². The predicted molar refractivity (Wildman–Crippen MR) is 180 cm³/mol. The molecule has 0 unspecified atom stereocenters. The molecule has 1 saturated heterocycles. The van der Waals surface area contributed by atoms with Gasteiger partial charge < -0.3 is 28.6 Å². The summed E-state index contributed by atoms with van der Waals surface area (Å²) >= 11 is 6.68. The molecule has 4 heterocycles. The molecule has 7 rings (SSSR count). The van der Waals surface area contributed by atoms with Gasteiger partial charge in [-0.3, -0.25) is 4.79 Å². The number of nitriles is 1. The lowest BCUT2D eigenvalue weighted by Crippen LogP contribution is -2.53. The lowest BCUT2D eigenvalue weighted by atomic mass is 9.79. The van der Waals surface area contributed by atoms with Crippen LogP contribution in [0.5, 0.6) is 28.7 Å². The first-order valence-electron chi connectivity index (χ1n) is 16.3. The first-order valence-corrected chi connectivity index (χ1v) is 16.7. The van der Waals surface area contributed by atoms with Crippen LogP contribution in [0.2, 0.25) is 5.02 Å². The monoisotopic (exact) mass is 718 g/mol. The van der Waals surface area contributed by atoms with E-state index in [9.17, 15) is 14.9 Å². The summed E-state index contributed by atoms with van der Waals surface area (Å²) in [4.78, 5) is 28.2. The van der Waals surface area contributed by atoms with Gasteiger partial charge in [0.2, 0.25) is 11.5 Å². The van der Waals surface area contributed by atoms with Gasteiger partial charge in [0.1, 0.15) is 23.2 Å². The van der Waals surface area contributed by atoms with Crippen LogP contribution in [-0.4, -0.2) is 52.7 Å². The molecular weight excluding hydrogens is 686 g/mol. The van der Waals surface area contributed by atoms with E-state index in [2.05, 4.69) is 5.10 Å². The molecule has 3 aliphatic heterocycles. The van der Waals surface area contributed by atoms with Crippen LogP contribution in [-0.2, 0) is 28.0 Å². The van der Waals surface area contributed by atoms with Crippen molar-refractivity contribution in [2.24, 2.45) is 0 Å². The lowest BCUT2D eigenvalue weighted by Gasteiger charge is -2.40. The van der Waals surface area contributed by atoms with Gasteiger partial charge in [0.15, 0.2) is 22.9 Å². The number of aromatic nitrogens is 2. The van der Waals surface area contributed by atoms with Gasteiger partial charge >= 0.3 is 11.7 Å². The maximum absolute atomic E-state index is 16.9. The van der Waals surface area contributed by atoms with Gasteiger partial charge in [-0.25, -0.2) is 18.3 Å². The maximum atomic E-state index is 16.9. The van der Waals surface area contributed by atoms with E-state index >= 15 is 8.78 Å². The third kappa shape index (κ3) is 5.82. The first kappa shape index (κ1) is 34.3. The number of ether oxygens (including phenoxy) is 5. The Bertz CT molecular complexity index is 2170. The van der Waals surface area contributed by atoms with Crippen LogP contribution in [0.1, 0.15) is 50.3 Å². The van der Waals surface area contributed by atoms with Gasteiger partial charge in [-0.15, -0.1) is 0 Å². The Labute approximate surface area is 296 Å². The van der Waals surface area contributed by atoms with Crippen molar-refractivity contribution < 1.29 is 37.3 Å². The summed E-state index contributed by atoms with van der Waals surface area (Å²) in [5.74, 6) is -2.98. The third-order valence-electron chi connectivity index (χ3n) is 9.16. The van der Waals surface area contributed by atoms with Gasteiger partial charge in [-0.1, -0.05) is 41.9 Å². The molecule has 264 valence electrons. The average Bonchev–Trinajstić information content (AvgIpc) is 3.75. The van der Waals surface area contributed by atoms with Gasteiger partial charge in [0.25, 0.3) is 0 Å². The maximum Gasteiger partial charge on any atom is 0.410 e. The van der Waals surface area contributed by atoms with Crippen molar-refractivity contribution in [3.63, 3.8) is 0 Å². The number of hydrogen-bond donors (Lipinski definition) is 0. The molecule has 0 bridgehead atoms. The second-order valence-corrected chi connectivity index (χ2v) is 13.9. The summed E-state index contributed by atoms with van der Waals surface area (Å²) in [5, 5.41) is 13.9. The quantitative estimate of drug-likeness (QED) is 0.176. The van der Waals surface area contributed by atoms with Gasteiger partial charge in [-0.2, -0.15) is 10.4 Å². The number of fused-ring (bicyclic) bond motifs is 3. The molecule has 3 aromatic carbocycles. The molecule has 3 aliphatic rings. The van der Waals surface area contributed by atoms with E-state index in [1.807, 2.05) is 36.4 Å². The molecule has 51 heavy (non-hydrogen) atoms. The number of hydrogen-bond acceptors (Lipinski definition) is 9. The molecule has 0 spiro atoms. The fourth-order valence-electron chi connectivity index (χ4n) is 7.00. The minimum absolute atomic E-state index is 0.0398. The summed E-state index contributed by atoms with van der Waals surface area (Å²) < 4.78 is 63.0. The van der Waals surface area contributed by atoms with Crippen LogP contribution >= 0.6 is 11.6 Å². The Kier molecular flexibility index (Phi) is 8.63. The number of halogens is 3. The number of carbonyl (C=O) groups is 1. The number of methoxy groups -OCH3 is 1. The number of nitrogens with zero attached hydrogens (tertiary/aromatic N) is 4. The highest BCUT2D eigenvalue weighted by atomic mass is 35.5. The summed E-state index contributed by atoms with van der Waals surface area (Å²) in [5.41, 5.74) is -2.33. The molecule has 11 nitrogen and oxygen atoms in total. The van der Waals surface area contributed by atoms with Crippen molar-refractivity contribution in [3.05, 3.63) is 92.4 Å². The molecule has 1 aromatic heterocycles. The lowest BCUT2D eigenvalue weighted by molar-refractivity contribution is -0.0216. The van der Waals surface area contributed by atoms with Crippen molar-refractivity contribution in [2.75, 3.05) is 20.3 Å². The fourth-order valence-corrected chi connectivity index (χ4v) is 7.27. The predicted octanol–water partition coefficient (Wildman–Crippen LogP) is 7.49. The molecule has 1 fully saturated rings.